The quantitative estimate of drug-likeness (QED) is 0.635. The fraction of sp³-hybridized carbons (Fsp3) is 1.00. The van der Waals surface area contributed by atoms with E-state index in [4.69, 9.17) is 0 Å². The van der Waals surface area contributed by atoms with Gasteiger partial charge in [-0.2, -0.15) is 0 Å². The molecule has 0 aliphatic carbocycles. The van der Waals surface area contributed by atoms with Crippen LogP contribution in [0.25, 0.3) is 0 Å². The van der Waals surface area contributed by atoms with Gasteiger partial charge in [-0.3, -0.25) is 0 Å². The first-order valence-corrected chi connectivity index (χ1v) is 6.16. The van der Waals surface area contributed by atoms with Gasteiger partial charge in [0.15, 0.2) is 9.84 Å². The third-order valence-electron chi connectivity index (χ3n) is 2.86. The van der Waals surface area contributed by atoms with Crippen molar-refractivity contribution < 1.29 is 21.4 Å². The standard InChI is InChI=1S/C6H10BF3NO2S/c8-7(9,10)4-11-2-6-1-5(11)3-14(6,12)13/h5-6H,1-4H2/q-1. The van der Waals surface area contributed by atoms with Crippen LogP contribution in [-0.4, -0.2) is 50.3 Å². The van der Waals surface area contributed by atoms with Crippen molar-refractivity contribution in [2.24, 2.45) is 0 Å². The van der Waals surface area contributed by atoms with Crippen molar-refractivity contribution in [3.05, 3.63) is 0 Å². The van der Waals surface area contributed by atoms with Crippen molar-refractivity contribution in [3.63, 3.8) is 0 Å². The Morgan fingerprint density at radius 2 is 2.00 bits per heavy atom. The number of halogens is 3. The van der Waals surface area contributed by atoms with E-state index in [0.29, 0.717) is 6.42 Å². The Morgan fingerprint density at radius 1 is 1.36 bits per heavy atom. The minimum atomic E-state index is -4.83. The molecular weight excluding hydrogens is 218 g/mol. The molecule has 0 N–H and O–H groups in total. The van der Waals surface area contributed by atoms with E-state index in [-0.39, 0.29) is 12.3 Å². The number of hydrogen-bond donors (Lipinski definition) is 0. The fourth-order valence-electron chi connectivity index (χ4n) is 2.27. The van der Waals surface area contributed by atoms with E-state index in [1.807, 2.05) is 0 Å². The summed E-state index contributed by atoms with van der Waals surface area (Å²) in [5.74, 6) is -0.0934. The Balaban J connectivity index is 2.04. The Kier molecular flexibility index (Phi) is 2.12. The van der Waals surface area contributed by atoms with E-state index in [1.54, 1.807) is 0 Å². The molecule has 2 aliphatic rings. The summed E-state index contributed by atoms with van der Waals surface area (Å²) in [7, 11) is -3.08. The predicted octanol–water partition coefficient (Wildman–Crippen LogP) is 0.244. The first-order chi connectivity index (χ1) is 6.28. The minimum Gasteiger partial charge on any atom is -0.448 e. The molecule has 2 fully saturated rings. The van der Waals surface area contributed by atoms with Gasteiger partial charge >= 0.3 is 6.98 Å². The lowest BCUT2D eigenvalue weighted by molar-refractivity contribution is 0.270. The highest BCUT2D eigenvalue weighted by Crippen LogP contribution is 2.33. The zero-order chi connectivity index (χ0) is 10.6. The summed E-state index contributed by atoms with van der Waals surface area (Å²) in [6, 6.07) is -0.395. The molecule has 0 spiro atoms. The van der Waals surface area contributed by atoms with Crippen LogP contribution in [0.2, 0.25) is 0 Å². The van der Waals surface area contributed by atoms with E-state index in [2.05, 4.69) is 0 Å². The van der Waals surface area contributed by atoms with Gasteiger partial charge in [0.05, 0.1) is 11.0 Å². The number of hydrogen-bond acceptors (Lipinski definition) is 3. The second kappa shape index (κ2) is 2.88. The van der Waals surface area contributed by atoms with Gasteiger partial charge in [-0.25, -0.2) is 8.42 Å². The van der Waals surface area contributed by atoms with Crippen LogP contribution < -0.4 is 0 Å². The van der Waals surface area contributed by atoms with Gasteiger partial charge < -0.3 is 17.8 Å². The van der Waals surface area contributed by atoms with Crippen LogP contribution in [0.3, 0.4) is 0 Å². The van der Waals surface area contributed by atoms with Crippen LogP contribution in [0.4, 0.5) is 12.9 Å². The Hall–Kier alpha value is -0.235. The maximum Gasteiger partial charge on any atom is 0.492 e. The molecule has 82 valence electrons. The Labute approximate surface area is 80.2 Å². The van der Waals surface area contributed by atoms with E-state index < -0.39 is 34.6 Å². The lowest BCUT2D eigenvalue weighted by Crippen LogP contribution is -2.46. The highest BCUT2D eigenvalue weighted by Gasteiger charge is 2.49. The molecule has 0 amide bonds. The molecule has 2 heterocycles. The molecule has 0 radical (unpaired) electrons. The zero-order valence-corrected chi connectivity index (χ0v) is 8.18. The maximum absolute atomic E-state index is 12.1. The van der Waals surface area contributed by atoms with Crippen LogP contribution in [0.5, 0.6) is 0 Å². The second-order valence-corrected chi connectivity index (χ2v) is 6.33. The maximum atomic E-state index is 12.1. The molecule has 0 aromatic heterocycles. The summed E-state index contributed by atoms with van der Waals surface area (Å²) in [4.78, 5) is 1.26. The summed E-state index contributed by atoms with van der Waals surface area (Å²) >= 11 is 0. The summed E-state index contributed by atoms with van der Waals surface area (Å²) in [6.07, 6.45) is -0.537. The number of fused-ring (bicyclic) bond motifs is 2. The second-order valence-electron chi connectivity index (χ2n) is 4.01. The SMILES string of the molecule is O=S1(=O)CC2CC1CN2C[B-](F)(F)F. The van der Waals surface area contributed by atoms with E-state index in [1.165, 1.54) is 4.90 Å². The summed E-state index contributed by atoms with van der Waals surface area (Å²) < 4.78 is 58.8. The summed E-state index contributed by atoms with van der Waals surface area (Å²) in [5.41, 5.74) is 0. The highest BCUT2D eigenvalue weighted by atomic mass is 32.2. The Bertz CT molecular complexity index is 341. The van der Waals surface area contributed by atoms with Crippen molar-refractivity contribution in [3.8, 4) is 0 Å². The summed E-state index contributed by atoms with van der Waals surface area (Å²) in [5, 5.41) is -0.550. The van der Waals surface area contributed by atoms with Gasteiger partial charge in [0.2, 0.25) is 0 Å². The molecule has 0 saturated carbocycles. The van der Waals surface area contributed by atoms with Crippen molar-refractivity contribution in [1.82, 2.24) is 4.90 Å². The van der Waals surface area contributed by atoms with Crippen LogP contribution in [0.1, 0.15) is 6.42 Å². The first kappa shape index (κ1) is 10.3. The molecule has 0 aromatic carbocycles. The molecular formula is C6H10BF3NO2S-. The van der Waals surface area contributed by atoms with E-state index in [0.717, 1.165) is 0 Å². The molecule has 2 unspecified atom stereocenters. The van der Waals surface area contributed by atoms with Crippen LogP contribution in [0.15, 0.2) is 0 Å². The van der Waals surface area contributed by atoms with Crippen molar-refractivity contribution in [2.75, 3.05) is 18.7 Å². The third kappa shape index (κ3) is 1.77. The average molecular weight is 228 g/mol. The third-order valence-corrected chi connectivity index (χ3v) is 5.07. The van der Waals surface area contributed by atoms with Gasteiger partial charge in [0, 0.05) is 12.6 Å². The predicted molar refractivity (Wildman–Crippen MR) is 46.6 cm³/mol. The van der Waals surface area contributed by atoms with Crippen molar-refractivity contribution in [1.29, 1.82) is 0 Å². The topological polar surface area (TPSA) is 37.4 Å². The monoisotopic (exact) mass is 228 g/mol. The molecule has 14 heavy (non-hydrogen) atoms. The normalized spacial score (nSPS) is 36.5. The van der Waals surface area contributed by atoms with Crippen molar-refractivity contribution in [2.45, 2.75) is 17.7 Å². The number of likely N-dealkylation sites (tertiary alicyclic amines) is 1. The largest absolute Gasteiger partial charge is 0.492 e. The van der Waals surface area contributed by atoms with Gasteiger partial charge in [-0.1, -0.05) is 0 Å². The number of nitrogens with zero attached hydrogens (tertiary/aromatic N) is 1. The molecule has 2 saturated heterocycles. The van der Waals surface area contributed by atoms with Crippen LogP contribution in [-0.2, 0) is 9.84 Å². The Morgan fingerprint density at radius 3 is 2.36 bits per heavy atom. The van der Waals surface area contributed by atoms with Crippen LogP contribution >= 0.6 is 0 Å². The van der Waals surface area contributed by atoms with Gasteiger partial charge in [-0.15, -0.1) is 0 Å². The number of rotatable bonds is 2. The zero-order valence-electron chi connectivity index (χ0n) is 7.37. The molecule has 2 atom stereocenters. The van der Waals surface area contributed by atoms with Crippen molar-refractivity contribution >= 4 is 16.8 Å². The average Bonchev–Trinajstić information content (AvgIpc) is 2.38. The minimum absolute atomic E-state index is 0.0637. The molecule has 2 rings (SSSR count). The van der Waals surface area contributed by atoms with Crippen LogP contribution in [0, 0.1) is 0 Å². The molecule has 8 heteroatoms. The molecule has 0 aromatic rings. The molecule has 3 nitrogen and oxygen atoms in total. The fourth-order valence-corrected chi connectivity index (χ4v) is 4.35. The smallest absolute Gasteiger partial charge is 0.448 e. The van der Waals surface area contributed by atoms with Gasteiger partial charge in [-0.05, 0) is 12.9 Å². The first-order valence-electron chi connectivity index (χ1n) is 4.44. The number of sulfone groups is 1. The lowest BCUT2D eigenvalue weighted by atomic mass is 9.91. The highest BCUT2D eigenvalue weighted by molar-refractivity contribution is 7.92. The van der Waals surface area contributed by atoms with Gasteiger partial charge in [0.1, 0.15) is 0 Å². The molecule has 2 bridgehead atoms. The van der Waals surface area contributed by atoms with E-state index >= 15 is 0 Å². The lowest BCUT2D eigenvalue weighted by Gasteiger charge is -2.30. The summed E-state index contributed by atoms with van der Waals surface area (Å²) in [6.45, 7) is -4.77. The van der Waals surface area contributed by atoms with Gasteiger partial charge in [0.25, 0.3) is 0 Å². The molecule has 2 aliphatic heterocycles. The van der Waals surface area contributed by atoms with E-state index in [9.17, 15) is 21.4 Å².